The van der Waals surface area contributed by atoms with Crippen LogP contribution < -0.4 is 4.90 Å². The third-order valence-corrected chi connectivity index (χ3v) is 5.39. The number of benzene rings is 1. The number of aryl methyl sites for hydroxylation is 1. The van der Waals surface area contributed by atoms with Gasteiger partial charge < -0.3 is 14.2 Å². The molecule has 0 atom stereocenters. The number of piperazine rings is 1. The predicted molar refractivity (Wildman–Crippen MR) is 101 cm³/mol. The second kappa shape index (κ2) is 7.29. The van der Waals surface area contributed by atoms with Gasteiger partial charge in [0.05, 0.1) is 12.1 Å². The molecule has 2 aromatic heterocycles. The molecule has 1 aliphatic heterocycles. The van der Waals surface area contributed by atoms with Crippen LogP contribution in [0.25, 0.3) is 11.5 Å². The molecule has 0 spiro atoms. The van der Waals surface area contributed by atoms with E-state index in [4.69, 9.17) is 4.42 Å². The monoisotopic (exact) mass is 368 g/mol. The molecule has 1 aromatic carbocycles. The first-order chi connectivity index (χ1) is 12.7. The smallest absolute Gasteiger partial charge is 0.228 e. The summed E-state index contributed by atoms with van der Waals surface area (Å²) in [5.74, 6) is 1.37. The van der Waals surface area contributed by atoms with Crippen LogP contribution in [-0.2, 0) is 11.2 Å². The fraction of sp³-hybridized carbons (Fsp3) is 0.316. The molecule has 0 N–H and O–H groups in total. The number of aromatic nitrogens is 2. The van der Waals surface area contributed by atoms with Crippen LogP contribution in [0.15, 0.2) is 46.3 Å². The molecule has 0 radical (unpaired) electrons. The van der Waals surface area contributed by atoms with Crippen LogP contribution in [0.2, 0.25) is 0 Å². The van der Waals surface area contributed by atoms with E-state index in [9.17, 15) is 4.79 Å². The number of hydrogen-bond donors (Lipinski definition) is 0. The van der Waals surface area contributed by atoms with Gasteiger partial charge in [0.15, 0.2) is 5.13 Å². The Kier molecular flexibility index (Phi) is 4.71. The Morgan fingerprint density at radius 2 is 1.96 bits per heavy atom. The summed E-state index contributed by atoms with van der Waals surface area (Å²) in [5.41, 5.74) is 1.64. The highest BCUT2D eigenvalue weighted by atomic mass is 32.1. The lowest BCUT2D eigenvalue weighted by Gasteiger charge is -2.34. The summed E-state index contributed by atoms with van der Waals surface area (Å²) >= 11 is 1.63. The van der Waals surface area contributed by atoms with E-state index >= 15 is 0 Å². The molecule has 1 fully saturated rings. The maximum absolute atomic E-state index is 12.7. The van der Waals surface area contributed by atoms with Crippen LogP contribution in [0.1, 0.15) is 11.5 Å². The van der Waals surface area contributed by atoms with Gasteiger partial charge in [-0.2, -0.15) is 0 Å². The zero-order chi connectivity index (χ0) is 17.9. The van der Waals surface area contributed by atoms with Gasteiger partial charge in [-0.1, -0.05) is 18.2 Å². The highest BCUT2D eigenvalue weighted by Crippen LogP contribution is 2.23. The van der Waals surface area contributed by atoms with Gasteiger partial charge in [-0.05, 0) is 19.1 Å². The van der Waals surface area contributed by atoms with Crippen molar-refractivity contribution in [3.63, 3.8) is 0 Å². The second-order valence-corrected chi connectivity index (χ2v) is 7.12. The van der Waals surface area contributed by atoms with E-state index in [-0.39, 0.29) is 12.3 Å². The number of carbonyl (C=O) groups excluding carboxylic acids is 1. The van der Waals surface area contributed by atoms with Crippen molar-refractivity contribution in [2.24, 2.45) is 0 Å². The Morgan fingerprint density at radius 1 is 1.19 bits per heavy atom. The first-order valence-corrected chi connectivity index (χ1v) is 9.52. The molecule has 0 aliphatic carbocycles. The molecule has 0 saturated carbocycles. The van der Waals surface area contributed by atoms with Crippen LogP contribution in [0, 0.1) is 6.92 Å². The lowest BCUT2D eigenvalue weighted by atomic mass is 10.2. The third-order valence-electron chi connectivity index (χ3n) is 4.55. The van der Waals surface area contributed by atoms with Gasteiger partial charge in [0.1, 0.15) is 5.76 Å². The van der Waals surface area contributed by atoms with Gasteiger partial charge in [-0.15, -0.1) is 11.3 Å². The maximum atomic E-state index is 12.7. The minimum atomic E-state index is 0.0970. The van der Waals surface area contributed by atoms with Gasteiger partial charge in [0, 0.05) is 43.3 Å². The Labute approximate surface area is 156 Å². The first kappa shape index (κ1) is 16.8. The molecule has 3 heterocycles. The van der Waals surface area contributed by atoms with Crippen molar-refractivity contribution in [3.8, 4) is 11.5 Å². The summed E-state index contributed by atoms with van der Waals surface area (Å²) in [6.45, 7) is 4.91. The highest BCUT2D eigenvalue weighted by molar-refractivity contribution is 7.13. The molecular weight excluding hydrogens is 348 g/mol. The number of nitrogens with zero attached hydrogens (tertiary/aromatic N) is 4. The minimum absolute atomic E-state index is 0.0970. The van der Waals surface area contributed by atoms with Crippen molar-refractivity contribution in [3.05, 3.63) is 53.4 Å². The molecule has 134 valence electrons. The van der Waals surface area contributed by atoms with Crippen molar-refractivity contribution in [1.82, 2.24) is 14.9 Å². The quantitative estimate of drug-likeness (QED) is 0.708. The average Bonchev–Trinajstić information content (AvgIpc) is 3.33. The Balaban J connectivity index is 1.39. The fourth-order valence-electron chi connectivity index (χ4n) is 3.07. The second-order valence-electron chi connectivity index (χ2n) is 6.25. The maximum Gasteiger partial charge on any atom is 0.228 e. The zero-order valence-corrected chi connectivity index (χ0v) is 15.4. The number of amides is 1. The number of anilines is 1. The molecule has 0 unspecified atom stereocenters. The third kappa shape index (κ3) is 3.48. The molecule has 26 heavy (non-hydrogen) atoms. The van der Waals surface area contributed by atoms with E-state index in [1.807, 2.05) is 53.7 Å². The molecule has 3 aromatic rings. The largest absolute Gasteiger partial charge is 0.441 e. The standard InChI is InChI=1S/C19H20N4O2S/c1-14-16(21-18(25-14)15-5-3-2-4-6-15)13-17(24)22-8-10-23(11-9-22)19-20-7-12-26-19/h2-7,12H,8-11,13H2,1H3. The normalized spacial score (nSPS) is 14.7. The summed E-state index contributed by atoms with van der Waals surface area (Å²) in [6.07, 6.45) is 2.09. The van der Waals surface area contributed by atoms with E-state index in [1.165, 1.54) is 0 Å². The van der Waals surface area contributed by atoms with Crippen molar-refractivity contribution in [2.45, 2.75) is 13.3 Å². The van der Waals surface area contributed by atoms with Gasteiger partial charge in [-0.3, -0.25) is 4.79 Å². The molecular formula is C19H20N4O2S. The minimum Gasteiger partial charge on any atom is -0.441 e. The number of rotatable bonds is 4. The summed E-state index contributed by atoms with van der Waals surface area (Å²) in [7, 11) is 0. The molecule has 1 aliphatic rings. The summed E-state index contributed by atoms with van der Waals surface area (Å²) < 4.78 is 5.76. The van der Waals surface area contributed by atoms with Gasteiger partial charge in [0.25, 0.3) is 0 Å². The van der Waals surface area contributed by atoms with E-state index in [2.05, 4.69) is 14.9 Å². The van der Waals surface area contributed by atoms with Crippen LogP contribution in [0.3, 0.4) is 0 Å². The molecule has 7 heteroatoms. The van der Waals surface area contributed by atoms with Crippen molar-refractivity contribution < 1.29 is 9.21 Å². The van der Waals surface area contributed by atoms with Crippen molar-refractivity contribution in [1.29, 1.82) is 0 Å². The van der Waals surface area contributed by atoms with E-state index in [1.54, 1.807) is 11.3 Å². The number of thiazole rings is 1. The van der Waals surface area contributed by atoms with Crippen molar-refractivity contribution in [2.75, 3.05) is 31.1 Å². The van der Waals surface area contributed by atoms with Crippen LogP contribution in [0.5, 0.6) is 0 Å². The number of carbonyl (C=O) groups is 1. The van der Waals surface area contributed by atoms with Crippen LogP contribution >= 0.6 is 11.3 Å². The molecule has 1 saturated heterocycles. The first-order valence-electron chi connectivity index (χ1n) is 8.64. The number of hydrogen-bond acceptors (Lipinski definition) is 6. The molecule has 1 amide bonds. The van der Waals surface area contributed by atoms with E-state index < -0.39 is 0 Å². The van der Waals surface area contributed by atoms with Crippen LogP contribution in [0.4, 0.5) is 5.13 Å². The highest BCUT2D eigenvalue weighted by Gasteiger charge is 2.24. The van der Waals surface area contributed by atoms with Crippen molar-refractivity contribution >= 4 is 22.4 Å². The van der Waals surface area contributed by atoms with Gasteiger partial charge in [0.2, 0.25) is 11.8 Å². The fourth-order valence-corrected chi connectivity index (χ4v) is 3.77. The lowest BCUT2D eigenvalue weighted by molar-refractivity contribution is -0.130. The SMILES string of the molecule is Cc1oc(-c2ccccc2)nc1CC(=O)N1CCN(c2nccs2)CC1. The molecule has 0 bridgehead atoms. The predicted octanol–water partition coefficient (Wildman–Crippen LogP) is 3.00. The van der Waals surface area contributed by atoms with E-state index in [0.29, 0.717) is 24.7 Å². The van der Waals surface area contributed by atoms with Crippen LogP contribution in [-0.4, -0.2) is 47.0 Å². The van der Waals surface area contributed by atoms with Gasteiger partial charge >= 0.3 is 0 Å². The zero-order valence-electron chi connectivity index (χ0n) is 14.6. The Bertz CT molecular complexity index is 868. The Morgan fingerprint density at radius 3 is 2.65 bits per heavy atom. The molecule has 6 nitrogen and oxygen atoms in total. The summed E-state index contributed by atoms with van der Waals surface area (Å²) in [4.78, 5) is 25.7. The molecule has 4 rings (SSSR count). The summed E-state index contributed by atoms with van der Waals surface area (Å²) in [6, 6.07) is 9.75. The van der Waals surface area contributed by atoms with E-state index in [0.717, 1.165) is 29.5 Å². The summed E-state index contributed by atoms with van der Waals surface area (Å²) in [5, 5.41) is 3.00. The lowest BCUT2D eigenvalue weighted by Crippen LogP contribution is -2.49. The number of oxazole rings is 1. The van der Waals surface area contributed by atoms with Gasteiger partial charge in [-0.25, -0.2) is 9.97 Å². The topological polar surface area (TPSA) is 62.5 Å². The Hall–Kier alpha value is -2.67. The average molecular weight is 368 g/mol.